The number of rotatable bonds is 3. The summed E-state index contributed by atoms with van der Waals surface area (Å²) in [7, 11) is 0. The second kappa shape index (κ2) is 6.89. The fourth-order valence-corrected chi connectivity index (χ4v) is 4.58. The van der Waals surface area contributed by atoms with E-state index in [-0.39, 0.29) is 23.5 Å². The van der Waals surface area contributed by atoms with Gasteiger partial charge in [-0.2, -0.15) is 0 Å². The highest BCUT2D eigenvalue weighted by molar-refractivity contribution is 7.09. The Balaban J connectivity index is 1.73. The van der Waals surface area contributed by atoms with Crippen LogP contribution >= 0.6 is 11.3 Å². The third-order valence-corrected chi connectivity index (χ3v) is 5.77. The molecule has 5 heteroatoms. The molecular formula is C18H28N2O2S. The zero-order valence-corrected chi connectivity index (χ0v) is 15.3. The van der Waals surface area contributed by atoms with Gasteiger partial charge < -0.3 is 9.64 Å². The van der Waals surface area contributed by atoms with E-state index in [1.54, 1.807) is 11.3 Å². The van der Waals surface area contributed by atoms with Gasteiger partial charge in [-0.15, -0.1) is 11.3 Å². The van der Waals surface area contributed by atoms with Crippen molar-refractivity contribution in [2.24, 2.45) is 0 Å². The lowest BCUT2D eigenvalue weighted by molar-refractivity contribution is -0.137. The van der Waals surface area contributed by atoms with Gasteiger partial charge in [0.2, 0.25) is 5.91 Å². The van der Waals surface area contributed by atoms with Gasteiger partial charge in [0.05, 0.1) is 24.3 Å². The fourth-order valence-electron chi connectivity index (χ4n) is 3.39. The van der Waals surface area contributed by atoms with E-state index in [0.29, 0.717) is 6.42 Å². The molecule has 1 amide bonds. The molecule has 128 valence electrons. The summed E-state index contributed by atoms with van der Waals surface area (Å²) < 4.78 is 5.64. The van der Waals surface area contributed by atoms with Crippen molar-refractivity contribution in [2.75, 3.05) is 13.2 Å². The number of hydrogen-bond acceptors (Lipinski definition) is 4. The highest BCUT2D eigenvalue weighted by atomic mass is 32.1. The lowest BCUT2D eigenvalue weighted by Crippen LogP contribution is -2.39. The Hall–Kier alpha value is -0.940. The third-order valence-electron chi connectivity index (χ3n) is 4.82. The monoisotopic (exact) mass is 336 g/mol. The molecule has 0 bridgehead atoms. The average molecular weight is 337 g/mol. The van der Waals surface area contributed by atoms with E-state index in [1.807, 2.05) is 0 Å². The molecule has 2 aliphatic heterocycles. The van der Waals surface area contributed by atoms with Crippen LogP contribution in [0.25, 0.3) is 0 Å². The number of hydrogen-bond donors (Lipinski definition) is 0. The first-order valence-corrected chi connectivity index (χ1v) is 9.70. The van der Waals surface area contributed by atoms with Gasteiger partial charge in [0, 0.05) is 23.9 Å². The molecule has 1 aromatic rings. The van der Waals surface area contributed by atoms with E-state index in [9.17, 15) is 4.79 Å². The summed E-state index contributed by atoms with van der Waals surface area (Å²) >= 11 is 1.71. The molecule has 2 atom stereocenters. The molecule has 3 heterocycles. The van der Waals surface area contributed by atoms with Gasteiger partial charge in [-0.1, -0.05) is 20.8 Å². The normalized spacial score (nSPS) is 25.8. The van der Waals surface area contributed by atoms with Crippen LogP contribution in [0.3, 0.4) is 0 Å². The van der Waals surface area contributed by atoms with E-state index in [2.05, 4.69) is 31.1 Å². The maximum atomic E-state index is 12.8. The van der Waals surface area contributed by atoms with Crippen LogP contribution in [0.2, 0.25) is 0 Å². The van der Waals surface area contributed by atoms with E-state index < -0.39 is 0 Å². The Labute approximate surface area is 143 Å². The average Bonchev–Trinajstić information content (AvgIpc) is 3.18. The summed E-state index contributed by atoms with van der Waals surface area (Å²) in [6.45, 7) is 8.23. The lowest BCUT2D eigenvalue weighted by atomic mass is 9.93. The van der Waals surface area contributed by atoms with E-state index in [1.165, 1.54) is 6.42 Å². The topological polar surface area (TPSA) is 42.4 Å². The number of thiazole rings is 1. The van der Waals surface area contributed by atoms with Crippen LogP contribution in [-0.4, -0.2) is 35.0 Å². The predicted molar refractivity (Wildman–Crippen MR) is 92.7 cm³/mol. The molecule has 2 fully saturated rings. The summed E-state index contributed by atoms with van der Waals surface area (Å²) in [5.41, 5.74) is 1.20. The van der Waals surface area contributed by atoms with Crippen LogP contribution in [0.4, 0.5) is 0 Å². The first-order valence-electron chi connectivity index (χ1n) is 8.82. The second-order valence-corrected chi connectivity index (χ2v) is 8.65. The molecule has 0 spiro atoms. The molecule has 0 saturated carbocycles. The van der Waals surface area contributed by atoms with Gasteiger partial charge in [-0.05, 0) is 32.1 Å². The first kappa shape index (κ1) is 16.9. The molecule has 0 N–H and O–H groups in total. The maximum absolute atomic E-state index is 12.8. The van der Waals surface area contributed by atoms with Crippen LogP contribution in [0.5, 0.6) is 0 Å². The smallest absolute Gasteiger partial charge is 0.225 e. The summed E-state index contributed by atoms with van der Waals surface area (Å²) in [6, 6.07) is 0.166. The SMILES string of the molecule is CC(C)(C)c1csc([C@@H]2CCCCN2C(=O)C[C@H]2CCCO2)n1. The van der Waals surface area contributed by atoms with Crippen molar-refractivity contribution in [3.63, 3.8) is 0 Å². The van der Waals surface area contributed by atoms with E-state index in [4.69, 9.17) is 9.72 Å². The minimum Gasteiger partial charge on any atom is -0.378 e. The van der Waals surface area contributed by atoms with Gasteiger partial charge in [-0.25, -0.2) is 4.98 Å². The number of piperidine rings is 1. The standard InChI is InChI=1S/C18H28N2O2S/c1-18(2,3)15-12-23-17(19-15)14-8-4-5-9-20(14)16(21)11-13-7-6-10-22-13/h12-14H,4-11H2,1-3H3/t13-,14+/m1/s1. The molecular weight excluding hydrogens is 308 g/mol. The minimum absolute atomic E-state index is 0.0654. The Bertz CT molecular complexity index is 543. The van der Waals surface area contributed by atoms with Gasteiger partial charge in [-0.3, -0.25) is 4.79 Å². The largest absolute Gasteiger partial charge is 0.378 e. The second-order valence-electron chi connectivity index (χ2n) is 7.76. The van der Waals surface area contributed by atoms with Crippen LogP contribution in [0, 0.1) is 0 Å². The van der Waals surface area contributed by atoms with Crippen LogP contribution in [0.1, 0.15) is 76.0 Å². The number of carbonyl (C=O) groups excluding carboxylic acids is 1. The van der Waals surface area contributed by atoms with Gasteiger partial charge in [0.1, 0.15) is 5.01 Å². The number of ether oxygens (including phenoxy) is 1. The van der Waals surface area contributed by atoms with Crippen LogP contribution < -0.4 is 0 Å². The molecule has 0 unspecified atom stereocenters. The molecule has 1 aromatic heterocycles. The third kappa shape index (κ3) is 3.94. The van der Waals surface area contributed by atoms with Crippen molar-refractivity contribution in [3.05, 3.63) is 16.1 Å². The lowest BCUT2D eigenvalue weighted by Gasteiger charge is -2.35. The number of nitrogens with zero attached hydrogens (tertiary/aromatic N) is 2. The van der Waals surface area contributed by atoms with Crippen molar-refractivity contribution >= 4 is 17.2 Å². The zero-order chi connectivity index (χ0) is 16.4. The molecule has 3 rings (SSSR count). The van der Waals surface area contributed by atoms with Gasteiger partial charge >= 0.3 is 0 Å². The highest BCUT2D eigenvalue weighted by Gasteiger charge is 2.32. The van der Waals surface area contributed by atoms with Crippen molar-refractivity contribution in [1.82, 2.24) is 9.88 Å². The van der Waals surface area contributed by atoms with E-state index in [0.717, 1.165) is 49.5 Å². The Morgan fingerprint density at radius 2 is 2.17 bits per heavy atom. The summed E-state index contributed by atoms with van der Waals surface area (Å²) in [6.07, 6.45) is 6.09. The number of aromatic nitrogens is 1. The van der Waals surface area contributed by atoms with Crippen molar-refractivity contribution in [3.8, 4) is 0 Å². The van der Waals surface area contributed by atoms with Crippen LogP contribution in [0.15, 0.2) is 5.38 Å². The summed E-state index contributed by atoms with van der Waals surface area (Å²) in [4.78, 5) is 19.7. The molecule has 2 saturated heterocycles. The molecule has 0 aromatic carbocycles. The highest BCUT2D eigenvalue weighted by Crippen LogP contribution is 2.35. The molecule has 23 heavy (non-hydrogen) atoms. The van der Waals surface area contributed by atoms with Crippen molar-refractivity contribution in [2.45, 2.75) is 76.9 Å². The molecule has 0 radical (unpaired) electrons. The van der Waals surface area contributed by atoms with E-state index >= 15 is 0 Å². The minimum atomic E-state index is 0.0654. The maximum Gasteiger partial charge on any atom is 0.225 e. The van der Waals surface area contributed by atoms with Crippen molar-refractivity contribution in [1.29, 1.82) is 0 Å². The molecule has 4 nitrogen and oxygen atoms in total. The molecule has 2 aliphatic rings. The zero-order valence-electron chi connectivity index (χ0n) is 14.5. The Morgan fingerprint density at radius 1 is 1.35 bits per heavy atom. The summed E-state index contributed by atoms with van der Waals surface area (Å²) in [5.74, 6) is 0.245. The summed E-state index contributed by atoms with van der Waals surface area (Å²) in [5, 5.41) is 3.27. The predicted octanol–water partition coefficient (Wildman–Crippen LogP) is 4.06. The fraction of sp³-hybridized carbons (Fsp3) is 0.778. The van der Waals surface area contributed by atoms with Gasteiger partial charge in [0.25, 0.3) is 0 Å². The Kier molecular flexibility index (Phi) is 5.07. The van der Waals surface area contributed by atoms with Crippen molar-refractivity contribution < 1.29 is 9.53 Å². The Morgan fingerprint density at radius 3 is 2.83 bits per heavy atom. The number of carbonyl (C=O) groups is 1. The quantitative estimate of drug-likeness (QED) is 0.836. The molecule has 0 aliphatic carbocycles. The van der Waals surface area contributed by atoms with Gasteiger partial charge in [0.15, 0.2) is 0 Å². The number of likely N-dealkylation sites (tertiary alicyclic amines) is 1. The first-order chi connectivity index (χ1) is 10.9. The van der Waals surface area contributed by atoms with Crippen LogP contribution in [-0.2, 0) is 14.9 Å². The number of amides is 1.